The smallest absolute Gasteiger partial charge is 0.237 e. The van der Waals surface area contributed by atoms with Crippen LogP contribution < -0.4 is 5.32 Å². The standard InChI is InChI=1S/C18H27N3O/c1-14-12-19-10-11-21(14)13-18(22)20(2)17-9-5-7-15-6-3-4-8-16(15)17/h3-4,6,8,14,17,19H,5,7,9-13H2,1-2H3/t14-,17?/m0/s1. The minimum atomic E-state index is 0.246. The summed E-state index contributed by atoms with van der Waals surface area (Å²) in [4.78, 5) is 17.0. The molecule has 1 fully saturated rings. The van der Waals surface area contributed by atoms with Crippen molar-refractivity contribution >= 4 is 5.91 Å². The zero-order valence-electron chi connectivity index (χ0n) is 13.7. The predicted molar refractivity (Wildman–Crippen MR) is 88.8 cm³/mol. The van der Waals surface area contributed by atoms with E-state index in [1.165, 1.54) is 17.5 Å². The van der Waals surface area contributed by atoms with E-state index in [1.54, 1.807) is 0 Å². The summed E-state index contributed by atoms with van der Waals surface area (Å²) in [6.07, 6.45) is 3.39. The van der Waals surface area contributed by atoms with Crippen molar-refractivity contribution in [2.24, 2.45) is 0 Å². The van der Waals surface area contributed by atoms with Crippen molar-refractivity contribution in [1.82, 2.24) is 15.1 Å². The molecule has 1 heterocycles. The summed E-state index contributed by atoms with van der Waals surface area (Å²) in [6, 6.07) is 9.27. The molecule has 0 saturated carbocycles. The molecule has 1 aromatic rings. The third kappa shape index (κ3) is 3.18. The van der Waals surface area contributed by atoms with E-state index >= 15 is 0 Å². The molecule has 1 N–H and O–H groups in total. The van der Waals surface area contributed by atoms with Crippen LogP contribution >= 0.6 is 0 Å². The summed E-state index contributed by atoms with van der Waals surface area (Å²) in [5, 5.41) is 3.38. The minimum Gasteiger partial charge on any atom is -0.338 e. The summed E-state index contributed by atoms with van der Waals surface area (Å²) in [6.45, 7) is 5.65. The van der Waals surface area contributed by atoms with Gasteiger partial charge in [-0.05, 0) is 37.3 Å². The van der Waals surface area contributed by atoms with E-state index in [9.17, 15) is 4.79 Å². The first-order valence-corrected chi connectivity index (χ1v) is 8.45. The number of rotatable bonds is 3. The number of likely N-dealkylation sites (N-methyl/N-ethyl adjacent to an activating group) is 1. The van der Waals surface area contributed by atoms with Gasteiger partial charge in [0.15, 0.2) is 0 Å². The number of nitrogens with one attached hydrogen (secondary N) is 1. The van der Waals surface area contributed by atoms with E-state index in [-0.39, 0.29) is 11.9 Å². The highest BCUT2D eigenvalue weighted by atomic mass is 16.2. The van der Waals surface area contributed by atoms with Crippen LogP contribution in [-0.2, 0) is 11.2 Å². The summed E-state index contributed by atoms with van der Waals surface area (Å²) >= 11 is 0. The first-order valence-electron chi connectivity index (χ1n) is 8.45. The van der Waals surface area contributed by atoms with Gasteiger partial charge < -0.3 is 10.2 Å². The number of hydrogen-bond donors (Lipinski definition) is 1. The third-order valence-corrected chi connectivity index (χ3v) is 5.18. The fraction of sp³-hybridized carbons (Fsp3) is 0.611. The van der Waals surface area contributed by atoms with Gasteiger partial charge >= 0.3 is 0 Å². The van der Waals surface area contributed by atoms with Crippen LogP contribution in [0, 0.1) is 0 Å². The highest BCUT2D eigenvalue weighted by molar-refractivity contribution is 5.78. The topological polar surface area (TPSA) is 35.6 Å². The Morgan fingerprint density at radius 2 is 2.23 bits per heavy atom. The molecule has 1 aliphatic carbocycles. The van der Waals surface area contributed by atoms with Gasteiger partial charge in [0.1, 0.15) is 0 Å². The van der Waals surface area contributed by atoms with Crippen LogP contribution in [-0.4, -0.2) is 55.0 Å². The van der Waals surface area contributed by atoms with Crippen LogP contribution in [0.25, 0.3) is 0 Å². The highest BCUT2D eigenvalue weighted by Crippen LogP contribution is 2.33. The van der Waals surface area contributed by atoms with Gasteiger partial charge in [-0.3, -0.25) is 9.69 Å². The van der Waals surface area contributed by atoms with Crippen LogP contribution in [0.1, 0.15) is 36.9 Å². The molecule has 1 saturated heterocycles. The van der Waals surface area contributed by atoms with Gasteiger partial charge in [-0.25, -0.2) is 0 Å². The molecular weight excluding hydrogens is 274 g/mol. The Morgan fingerprint density at radius 3 is 3.05 bits per heavy atom. The lowest BCUT2D eigenvalue weighted by atomic mass is 9.87. The fourth-order valence-corrected chi connectivity index (χ4v) is 3.71. The second kappa shape index (κ2) is 6.80. The Labute approximate surface area is 133 Å². The number of amides is 1. The molecule has 1 amide bonds. The molecule has 0 spiro atoms. The van der Waals surface area contributed by atoms with Crippen LogP contribution in [0.4, 0.5) is 0 Å². The molecule has 0 radical (unpaired) electrons. The van der Waals surface area contributed by atoms with Crippen LogP contribution in [0.2, 0.25) is 0 Å². The fourth-order valence-electron chi connectivity index (χ4n) is 3.71. The second-order valence-electron chi connectivity index (χ2n) is 6.64. The van der Waals surface area contributed by atoms with Crippen LogP contribution in [0.3, 0.4) is 0 Å². The lowest BCUT2D eigenvalue weighted by Gasteiger charge is -2.37. The van der Waals surface area contributed by atoms with Gasteiger partial charge in [-0.2, -0.15) is 0 Å². The highest BCUT2D eigenvalue weighted by Gasteiger charge is 2.28. The Kier molecular flexibility index (Phi) is 4.79. The summed E-state index contributed by atoms with van der Waals surface area (Å²) in [5.41, 5.74) is 2.76. The Bertz CT molecular complexity index is 531. The van der Waals surface area contributed by atoms with E-state index in [0.29, 0.717) is 12.6 Å². The molecule has 1 aromatic carbocycles. The first kappa shape index (κ1) is 15.5. The normalized spacial score (nSPS) is 25.5. The third-order valence-electron chi connectivity index (χ3n) is 5.18. The Hall–Kier alpha value is -1.39. The van der Waals surface area contributed by atoms with Crippen molar-refractivity contribution in [3.05, 3.63) is 35.4 Å². The molecule has 3 rings (SSSR count). The summed E-state index contributed by atoms with van der Waals surface area (Å²) in [7, 11) is 1.97. The monoisotopic (exact) mass is 301 g/mol. The molecule has 4 nitrogen and oxygen atoms in total. The molecule has 1 aliphatic heterocycles. The average molecular weight is 301 g/mol. The number of carbonyl (C=O) groups is 1. The van der Waals surface area contributed by atoms with Crippen molar-refractivity contribution in [3.8, 4) is 0 Å². The van der Waals surface area contributed by atoms with Gasteiger partial charge in [0, 0.05) is 32.7 Å². The summed E-state index contributed by atoms with van der Waals surface area (Å²) in [5.74, 6) is 0.246. The minimum absolute atomic E-state index is 0.246. The Morgan fingerprint density at radius 1 is 1.41 bits per heavy atom. The van der Waals surface area contributed by atoms with Gasteiger partial charge in [0.25, 0.3) is 0 Å². The second-order valence-corrected chi connectivity index (χ2v) is 6.64. The van der Waals surface area contributed by atoms with E-state index in [0.717, 1.165) is 32.5 Å². The number of fused-ring (bicyclic) bond motifs is 1. The summed E-state index contributed by atoms with van der Waals surface area (Å²) < 4.78 is 0. The van der Waals surface area contributed by atoms with E-state index in [1.807, 2.05) is 11.9 Å². The van der Waals surface area contributed by atoms with E-state index < -0.39 is 0 Å². The molecule has 2 aliphatic rings. The molecule has 4 heteroatoms. The molecule has 22 heavy (non-hydrogen) atoms. The SMILES string of the molecule is C[C@H]1CNCCN1CC(=O)N(C)C1CCCc2ccccc21. The van der Waals surface area contributed by atoms with Crippen molar-refractivity contribution in [3.63, 3.8) is 0 Å². The van der Waals surface area contributed by atoms with Crippen LogP contribution in [0.5, 0.6) is 0 Å². The van der Waals surface area contributed by atoms with E-state index in [2.05, 4.69) is 41.4 Å². The maximum absolute atomic E-state index is 12.7. The molecule has 1 unspecified atom stereocenters. The predicted octanol–water partition coefficient (Wildman–Crippen LogP) is 1.82. The van der Waals surface area contributed by atoms with E-state index in [4.69, 9.17) is 0 Å². The number of carbonyl (C=O) groups excluding carboxylic acids is 1. The van der Waals surface area contributed by atoms with Crippen LogP contribution in [0.15, 0.2) is 24.3 Å². The number of aryl methyl sites for hydroxylation is 1. The molecular formula is C18H27N3O. The molecule has 120 valence electrons. The molecule has 2 atom stereocenters. The van der Waals surface area contributed by atoms with Gasteiger partial charge in [0.2, 0.25) is 5.91 Å². The first-order chi connectivity index (χ1) is 10.7. The lowest BCUT2D eigenvalue weighted by molar-refractivity contribution is -0.134. The maximum Gasteiger partial charge on any atom is 0.237 e. The number of hydrogen-bond acceptors (Lipinski definition) is 3. The quantitative estimate of drug-likeness (QED) is 0.925. The lowest BCUT2D eigenvalue weighted by Crippen LogP contribution is -2.53. The van der Waals surface area contributed by atoms with Crippen molar-refractivity contribution < 1.29 is 4.79 Å². The van der Waals surface area contributed by atoms with Gasteiger partial charge in [-0.1, -0.05) is 24.3 Å². The molecule has 0 bridgehead atoms. The average Bonchev–Trinajstić information content (AvgIpc) is 2.55. The van der Waals surface area contributed by atoms with Gasteiger partial charge in [-0.15, -0.1) is 0 Å². The van der Waals surface area contributed by atoms with Crippen molar-refractivity contribution in [2.75, 3.05) is 33.2 Å². The number of benzene rings is 1. The maximum atomic E-state index is 12.7. The molecule has 0 aromatic heterocycles. The Balaban J connectivity index is 1.68. The number of nitrogens with zero attached hydrogens (tertiary/aromatic N) is 2. The largest absolute Gasteiger partial charge is 0.338 e. The van der Waals surface area contributed by atoms with Gasteiger partial charge in [0.05, 0.1) is 12.6 Å². The van der Waals surface area contributed by atoms with Crippen molar-refractivity contribution in [1.29, 1.82) is 0 Å². The zero-order valence-corrected chi connectivity index (χ0v) is 13.7. The number of piperazine rings is 1. The zero-order chi connectivity index (χ0) is 15.5. The van der Waals surface area contributed by atoms with Crippen molar-refractivity contribution in [2.45, 2.75) is 38.3 Å².